The molecule has 1 heterocycles. The summed E-state index contributed by atoms with van der Waals surface area (Å²) in [6.07, 6.45) is 0. The largest absolute Gasteiger partial charge is 0.497 e. The standard InChI is InChI=1S/C15H12BrNOS/c1-18-13-5-4-10-6-12(3-2-11(10)7-13)14-9-19-15(8-16)17-14/h2-7,9H,8H2,1H3. The van der Waals surface area contributed by atoms with Gasteiger partial charge in [0.25, 0.3) is 0 Å². The summed E-state index contributed by atoms with van der Waals surface area (Å²) in [6.45, 7) is 0. The molecular weight excluding hydrogens is 322 g/mol. The zero-order valence-electron chi connectivity index (χ0n) is 10.4. The Morgan fingerprint density at radius 3 is 2.68 bits per heavy atom. The van der Waals surface area contributed by atoms with E-state index in [4.69, 9.17) is 4.74 Å². The number of nitrogens with zero attached hydrogens (tertiary/aromatic N) is 1. The number of alkyl halides is 1. The number of aromatic nitrogens is 1. The van der Waals surface area contributed by atoms with Gasteiger partial charge in [-0.25, -0.2) is 4.98 Å². The predicted octanol–water partition coefficient (Wildman–Crippen LogP) is 4.87. The zero-order chi connectivity index (χ0) is 13.2. The van der Waals surface area contributed by atoms with Crippen LogP contribution in [0.25, 0.3) is 22.0 Å². The molecule has 0 aliphatic rings. The average Bonchev–Trinajstić information content (AvgIpc) is 2.95. The fourth-order valence-corrected chi connectivity index (χ4v) is 3.19. The van der Waals surface area contributed by atoms with Gasteiger partial charge in [0.15, 0.2) is 0 Å². The first-order valence-corrected chi connectivity index (χ1v) is 7.89. The van der Waals surface area contributed by atoms with E-state index in [-0.39, 0.29) is 0 Å². The Morgan fingerprint density at radius 2 is 1.95 bits per heavy atom. The van der Waals surface area contributed by atoms with Crippen LogP contribution in [0.3, 0.4) is 0 Å². The van der Waals surface area contributed by atoms with Crippen molar-refractivity contribution in [3.05, 3.63) is 46.8 Å². The van der Waals surface area contributed by atoms with E-state index in [0.717, 1.165) is 27.3 Å². The lowest BCUT2D eigenvalue weighted by molar-refractivity contribution is 0.415. The van der Waals surface area contributed by atoms with E-state index in [1.807, 2.05) is 12.1 Å². The molecule has 0 aliphatic carbocycles. The molecule has 4 heteroatoms. The van der Waals surface area contributed by atoms with Gasteiger partial charge in [0.05, 0.1) is 18.1 Å². The summed E-state index contributed by atoms with van der Waals surface area (Å²) >= 11 is 5.11. The third-order valence-corrected chi connectivity index (χ3v) is 4.76. The first-order chi connectivity index (χ1) is 9.30. The summed E-state index contributed by atoms with van der Waals surface area (Å²) in [6, 6.07) is 12.5. The fraction of sp³-hybridized carbons (Fsp3) is 0.133. The molecule has 2 nitrogen and oxygen atoms in total. The van der Waals surface area contributed by atoms with Crippen molar-refractivity contribution in [2.45, 2.75) is 5.33 Å². The van der Waals surface area contributed by atoms with Gasteiger partial charge in [-0.3, -0.25) is 0 Å². The van der Waals surface area contributed by atoms with E-state index in [1.54, 1.807) is 18.4 Å². The molecule has 0 fully saturated rings. The van der Waals surface area contributed by atoms with E-state index in [9.17, 15) is 0 Å². The van der Waals surface area contributed by atoms with Crippen LogP contribution in [0.2, 0.25) is 0 Å². The first kappa shape index (κ1) is 12.6. The van der Waals surface area contributed by atoms with Crippen molar-refractivity contribution in [2.24, 2.45) is 0 Å². The van der Waals surface area contributed by atoms with Crippen LogP contribution < -0.4 is 4.74 Å². The summed E-state index contributed by atoms with van der Waals surface area (Å²) in [4.78, 5) is 4.59. The van der Waals surface area contributed by atoms with Crippen molar-refractivity contribution >= 4 is 38.0 Å². The third-order valence-electron chi connectivity index (χ3n) is 3.01. The molecule has 0 saturated carbocycles. The number of fused-ring (bicyclic) bond motifs is 1. The molecule has 0 N–H and O–H groups in total. The highest BCUT2D eigenvalue weighted by Crippen LogP contribution is 2.28. The lowest BCUT2D eigenvalue weighted by Gasteiger charge is -2.04. The monoisotopic (exact) mass is 333 g/mol. The molecule has 3 rings (SSSR count). The molecule has 19 heavy (non-hydrogen) atoms. The maximum absolute atomic E-state index is 5.24. The van der Waals surface area contributed by atoms with E-state index >= 15 is 0 Å². The minimum absolute atomic E-state index is 0.808. The highest BCUT2D eigenvalue weighted by Gasteiger charge is 2.05. The summed E-state index contributed by atoms with van der Waals surface area (Å²) in [5.74, 6) is 0.885. The number of hydrogen-bond donors (Lipinski definition) is 0. The van der Waals surface area contributed by atoms with Crippen molar-refractivity contribution in [3.63, 3.8) is 0 Å². The van der Waals surface area contributed by atoms with Crippen LogP contribution in [0.4, 0.5) is 0 Å². The van der Waals surface area contributed by atoms with Crippen molar-refractivity contribution < 1.29 is 4.74 Å². The summed E-state index contributed by atoms with van der Waals surface area (Å²) in [5.41, 5.74) is 2.19. The molecule has 1 aromatic heterocycles. The van der Waals surface area contributed by atoms with Crippen molar-refractivity contribution in [1.29, 1.82) is 0 Å². The minimum atomic E-state index is 0.808. The predicted molar refractivity (Wildman–Crippen MR) is 84.2 cm³/mol. The van der Waals surface area contributed by atoms with E-state index < -0.39 is 0 Å². The number of benzene rings is 2. The van der Waals surface area contributed by atoms with Crippen molar-refractivity contribution in [1.82, 2.24) is 4.98 Å². The van der Waals surface area contributed by atoms with Crippen LogP contribution in [0.1, 0.15) is 5.01 Å². The van der Waals surface area contributed by atoms with Gasteiger partial charge < -0.3 is 4.74 Å². The molecule has 0 unspecified atom stereocenters. The Balaban J connectivity index is 2.06. The molecule has 0 amide bonds. The Labute approximate surface area is 124 Å². The van der Waals surface area contributed by atoms with Crippen LogP contribution in [-0.2, 0) is 5.33 Å². The van der Waals surface area contributed by atoms with Crippen LogP contribution >= 0.6 is 27.3 Å². The molecule has 0 bridgehead atoms. The Kier molecular flexibility index (Phi) is 3.53. The second-order valence-electron chi connectivity index (χ2n) is 4.19. The topological polar surface area (TPSA) is 22.1 Å². The van der Waals surface area contributed by atoms with Gasteiger partial charge >= 0.3 is 0 Å². The van der Waals surface area contributed by atoms with Gasteiger partial charge in [-0.15, -0.1) is 11.3 Å². The van der Waals surface area contributed by atoms with Crippen LogP contribution in [0.15, 0.2) is 41.8 Å². The van der Waals surface area contributed by atoms with E-state index in [2.05, 4.69) is 50.6 Å². The highest BCUT2D eigenvalue weighted by molar-refractivity contribution is 9.08. The molecular formula is C15H12BrNOS. The lowest BCUT2D eigenvalue weighted by atomic mass is 10.1. The Morgan fingerprint density at radius 1 is 1.16 bits per heavy atom. The highest BCUT2D eigenvalue weighted by atomic mass is 79.9. The number of hydrogen-bond acceptors (Lipinski definition) is 3. The van der Waals surface area contributed by atoms with Crippen LogP contribution in [0.5, 0.6) is 5.75 Å². The summed E-state index contributed by atoms with van der Waals surface area (Å²) in [5, 5.41) is 6.39. The van der Waals surface area contributed by atoms with Gasteiger partial charge in [-0.05, 0) is 29.0 Å². The molecule has 2 aromatic carbocycles. The average molecular weight is 334 g/mol. The number of halogens is 1. The maximum atomic E-state index is 5.24. The van der Waals surface area contributed by atoms with Crippen LogP contribution in [-0.4, -0.2) is 12.1 Å². The number of rotatable bonds is 3. The molecule has 3 aromatic rings. The van der Waals surface area contributed by atoms with Crippen molar-refractivity contribution in [3.8, 4) is 17.0 Å². The second-order valence-corrected chi connectivity index (χ2v) is 5.69. The van der Waals surface area contributed by atoms with Gasteiger partial charge in [0.1, 0.15) is 10.8 Å². The number of thiazole rings is 1. The molecule has 0 atom stereocenters. The normalized spacial score (nSPS) is 10.8. The first-order valence-electron chi connectivity index (χ1n) is 5.88. The lowest BCUT2D eigenvalue weighted by Crippen LogP contribution is -1.84. The molecule has 96 valence electrons. The van der Waals surface area contributed by atoms with E-state index in [0.29, 0.717) is 0 Å². The molecule has 0 aliphatic heterocycles. The molecule has 0 radical (unpaired) electrons. The summed E-state index contributed by atoms with van der Waals surface area (Å²) < 4.78 is 5.24. The maximum Gasteiger partial charge on any atom is 0.119 e. The fourth-order valence-electron chi connectivity index (χ4n) is 2.01. The van der Waals surface area contributed by atoms with Crippen LogP contribution in [0, 0.1) is 0 Å². The minimum Gasteiger partial charge on any atom is -0.497 e. The van der Waals surface area contributed by atoms with Gasteiger partial charge in [-0.1, -0.05) is 34.1 Å². The smallest absolute Gasteiger partial charge is 0.119 e. The Hall–Kier alpha value is -1.39. The Bertz CT molecular complexity index is 723. The zero-order valence-corrected chi connectivity index (χ0v) is 12.8. The quantitative estimate of drug-likeness (QED) is 0.638. The second kappa shape index (κ2) is 5.31. The number of methoxy groups -OCH3 is 1. The third kappa shape index (κ3) is 2.51. The molecule has 0 saturated heterocycles. The van der Waals surface area contributed by atoms with E-state index in [1.165, 1.54) is 10.8 Å². The van der Waals surface area contributed by atoms with Crippen molar-refractivity contribution in [2.75, 3.05) is 7.11 Å². The number of ether oxygens (including phenoxy) is 1. The van der Waals surface area contributed by atoms with Gasteiger partial charge in [0.2, 0.25) is 0 Å². The molecule has 0 spiro atoms. The van der Waals surface area contributed by atoms with Gasteiger partial charge in [-0.2, -0.15) is 0 Å². The SMILES string of the molecule is COc1ccc2cc(-c3csc(CBr)n3)ccc2c1. The summed E-state index contributed by atoms with van der Waals surface area (Å²) in [7, 11) is 1.69. The van der Waals surface area contributed by atoms with Gasteiger partial charge in [0, 0.05) is 10.9 Å².